The molecule has 5 nitrogen and oxygen atoms in total. The van der Waals surface area contributed by atoms with Crippen LogP contribution in [0.15, 0.2) is 29.2 Å². The highest BCUT2D eigenvalue weighted by Crippen LogP contribution is 2.40. The maximum atomic E-state index is 12.1. The molecule has 1 fully saturated rings. The number of rotatable bonds is 5. The molecule has 2 rings (SSSR count). The fourth-order valence-corrected chi connectivity index (χ4v) is 2.98. The van der Waals surface area contributed by atoms with Crippen molar-refractivity contribution in [1.82, 2.24) is 5.32 Å². The summed E-state index contributed by atoms with van der Waals surface area (Å²) in [5, 5.41) is 2.88. The van der Waals surface area contributed by atoms with Crippen LogP contribution < -0.4 is 11.1 Å². The summed E-state index contributed by atoms with van der Waals surface area (Å²) in [7, 11) is -3.18. The molecule has 0 unspecified atom stereocenters. The van der Waals surface area contributed by atoms with E-state index in [1.54, 1.807) is 24.3 Å². The van der Waals surface area contributed by atoms with Crippen LogP contribution in [0.25, 0.3) is 0 Å². The van der Waals surface area contributed by atoms with Gasteiger partial charge in [0.1, 0.15) is 0 Å². The number of carbonyl (C=O) groups excluding carboxylic acids is 1. The molecule has 0 saturated heterocycles. The third kappa shape index (κ3) is 3.02. The molecule has 0 aliphatic heterocycles. The van der Waals surface area contributed by atoms with Crippen molar-refractivity contribution in [3.05, 3.63) is 29.8 Å². The van der Waals surface area contributed by atoms with Crippen molar-refractivity contribution >= 4 is 15.7 Å². The van der Waals surface area contributed by atoms with Gasteiger partial charge in [0.15, 0.2) is 9.84 Å². The van der Waals surface area contributed by atoms with Crippen molar-refractivity contribution in [2.75, 3.05) is 12.8 Å². The summed E-state index contributed by atoms with van der Waals surface area (Å²) in [4.78, 5) is 12.4. The molecular formula is C14H20N2O3S. The first-order chi connectivity index (χ1) is 9.37. The van der Waals surface area contributed by atoms with Gasteiger partial charge in [-0.25, -0.2) is 8.42 Å². The van der Waals surface area contributed by atoms with Gasteiger partial charge in [-0.1, -0.05) is 18.6 Å². The van der Waals surface area contributed by atoms with E-state index >= 15 is 0 Å². The lowest BCUT2D eigenvalue weighted by molar-refractivity contribution is -0.135. The van der Waals surface area contributed by atoms with E-state index in [0.717, 1.165) is 24.8 Å². The number of benzene rings is 1. The van der Waals surface area contributed by atoms with Crippen LogP contribution in [-0.2, 0) is 21.2 Å². The molecule has 0 aromatic heterocycles. The van der Waals surface area contributed by atoms with Gasteiger partial charge in [-0.05, 0) is 30.5 Å². The normalized spacial score (nSPS) is 17.3. The topological polar surface area (TPSA) is 89.3 Å². The summed E-state index contributed by atoms with van der Waals surface area (Å²) in [6.45, 7) is 0.774. The van der Waals surface area contributed by atoms with Crippen molar-refractivity contribution < 1.29 is 13.2 Å². The fraction of sp³-hybridized carbons (Fsp3) is 0.500. The lowest BCUT2D eigenvalue weighted by Gasteiger charge is -2.39. The van der Waals surface area contributed by atoms with Gasteiger partial charge in [-0.3, -0.25) is 4.79 Å². The second-order valence-corrected chi connectivity index (χ2v) is 7.45. The van der Waals surface area contributed by atoms with Crippen molar-refractivity contribution in [2.45, 2.75) is 30.7 Å². The van der Waals surface area contributed by atoms with E-state index < -0.39 is 9.84 Å². The molecule has 1 aliphatic rings. The predicted octanol–water partition coefficient (Wildman–Crippen LogP) is 0.835. The fourth-order valence-electron chi connectivity index (χ4n) is 2.35. The monoisotopic (exact) mass is 296 g/mol. The van der Waals surface area contributed by atoms with Gasteiger partial charge >= 0.3 is 0 Å². The molecule has 3 N–H and O–H groups in total. The van der Waals surface area contributed by atoms with Gasteiger partial charge in [0, 0.05) is 19.3 Å². The molecule has 1 saturated carbocycles. The molecule has 1 amide bonds. The number of nitrogens with one attached hydrogen (secondary N) is 1. The minimum absolute atomic E-state index is 0.00144. The Labute approximate surface area is 119 Å². The van der Waals surface area contributed by atoms with E-state index in [9.17, 15) is 13.2 Å². The van der Waals surface area contributed by atoms with Crippen LogP contribution in [0.3, 0.4) is 0 Å². The molecule has 0 heterocycles. The van der Waals surface area contributed by atoms with Crippen LogP contribution >= 0.6 is 0 Å². The van der Waals surface area contributed by atoms with E-state index in [2.05, 4.69) is 5.32 Å². The Bertz CT molecular complexity index is 584. The van der Waals surface area contributed by atoms with Crippen LogP contribution in [-0.4, -0.2) is 27.1 Å². The first kappa shape index (κ1) is 15.0. The standard InChI is InChI=1S/C14H20N2O3S/c1-20(18,19)12-5-3-11(4-6-12)9-16-13(17)14(10-15)7-2-8-14/h3-6H,2,7-10,15H2,1H3,(H,16,17). The average Bonchev–Trinajstić information content (AvgIpc) is 2.35. The number of hydrogen-bond acceptors (Lipinski definition) is 4. The number of hydrogen-bond donors (Lipinski definition) is 2. The maximum absolute atomic E-state index is 12.1. The first-order valence-electron chi connectivity index (χ1n) is 6.65. The number of carbonyl (C=O) groups is 1. The van der Waals surface area contributed by atoms with Crippen LogP contribution in [0.4, 0.5) is 0 Å². The van der Waals surface area contributed by atoms with Gasteiger partial charge in [0.25, 0.3) is 0 Å². The third-order valence-corrected chi connectivity index (χ3v) is 5.12. The summed E-state index contributed by atoms with van der Waals surface area (Å²) in [6, 6.07) is 6.54. The van der Waals surface area contributed by atoms with E-state index in [-0.39, 0.29) is 16.2 Å². The zero-order chi connectivity index (χ0) is 14.8. The van der Waals surface area contributed by atoms with Crippen molar-refractivity contribution in [3.63, 3.8) is 0 Å². The van der Waals surface area contributed by atoms with Crippen LogP contribution in [0.1, 0.15) is 24.8 Å². The van der Waals surface area contributed by atoms with Gasteiger partial charge in [0.2, 0.25) is 5.91 Å². The smallest absolute Gasteiger partial charge is 0.227 e. The van der Waals surface area contributed by atoms with Gasteiger partial charge in [-0.15, -0.1) is 0 Å². The lowest BCUT2D eigenvalue weighted by atomic mass is 9.68. The number of sulfone groups is 1. The zero-order valence-electron chi connectivity index (χ0n) is 11.6. The Balaban J connectivity index is 1.96. The van der Waals surface area contributed by atoms with E-state index in [1.165, 1.54) is 6.26 Å². The van der Waals surface area contributed by atoms with E-state index in [0.29, 0.717) is 13.1 Å². The highest BCUT2D eigenvalue weighted by Gasteiger charge is 2.42. The second kappa shape index (κ2) is 5.54. The molecule has 0 spiro atoms. The van der Waals surface area contributed by atoms with Gasteiger partial charge in [0.05, 0.1) is 10.3 Å². The Morgan fingerprint density at radius 1 is 1.30 bits per heavy atom. The zero-order valence-corrected chi connectivity index (χ0v) is 12.4. The van der Waals surface area contributed by atoms with Crippen LogP contribution in [0, 0.1) is 5.41 Å². The molecular weight excluding hydrogens is 276 g/mol. The molecule has 1 aliphatic carbocycles. The van der Waals surface area contributed by atoms with Crippen LogP contribution in [0.5, 0.6) is 0 Å². The van der Waals surface area contributed by atoms with Crippen molar-refractivity contribution in [1.29, 1.82) is 0 Å². The number of nitrogens with two attached hydrogens (primary N) is 1. The average molecular weight is 296 g/mol. The molecule has 110 valence electrons. The Hall–Kier alpha value is -1.40. The first-order valence-corrected chi connectivity index (χ1v) is 8.54. The minimum atomic E-state index is -3.18. The number of amides is 1. The molecule has 1 aromatic carbocycles. The Morgan fingerprint density at radius 3 is 2.30 bits per heavy atom. The second-order valence-electron chi connectivity index (χ2n) is 5.44. The van der Waals surface area contributed by atoms with E-state index in [1.807, 2.05) is 0 Å². The van der Waals surface area contributed by atoms with Crippen molar-refractivity contribution in [2.24, 2.45) is 11.1 Å². The molecule has 20 heavy (non-hydrogen) atoms. The summed E-state index contributed by atoms with van der Waals surface area (Å²) < 4.78 is 22.7. The summed E-state index contributed by atoms with van der Waals surface area (Å²) >= 11 is 0. The predicted molar refractivity (Wildman–Crippen MR) is 76.7 cm³/mol. The molecule has 0 bridgehead atoms. The van der Waals surface area contributed by atoms with E-state index in [4.69, 9.17) is 5.73 Å². The minimum Gasteiger partial charge on any atom is -0.352 e. The highest BCUT2D eigenvalue weighted by atomic mass is 32.2. The van der Waals surface area contributed by atoms with Gasteiger partial charge in [-0.2, -0.15) is 0 Å². The third-order valence-electron chi connectivity index (χ3n) is 3.99. The van der Waals surface area contributed by atoms with Crippen LogP contribution in [0.2, 0.25) is 0 Å². The summed E-state index contributed by atoms with van der Waals surface area (Å²) in [6.07, 6.45) is 3.92. The molecule has 0 atom stereocenters. The largest absolute Gasteiger partial charge is 0.352 e. The molecule has 1 aromatic rings. The summed E-state index contributed by atoms with van der Waals surface area (Å²) in [5.41, 5.74) is 6.17. The Kier molecular flexibility index (Phi) is 4.15. The summed E-state index contributed by atoms with van der Waals surface area (Å²) in [5.74, 6) is -0.00144. The molecule has 6 heteroatoms. The Morgan fingerprint density at radius 2 is 1.90 bits per heavy atom. The van der Waals surface area contributed by atoms with Gasteiger partial charge < -0.3 is 11.1 Å². The highest BCUT2D eigenvalue weighted by molar-refractivity contribution is 7.90. The SMILES string of the molecule is CS(=O)(=O)c1ccc(CNC(=O)C2(CN)CCC2)cc1. The van der Waals surface area contributed by atoms with Crippen molar-refractivity contribution in [3.8, 4) is 0 Å². The quantitative estimate of drug-likeness (QED) is 0.842. The lowest BCUT2D eigenvalue weighted by Crippen LogP contribution is -2.50. The maximum Gasteiger partial charge on any atom is 0.227 e. The molecule has 0 radical (unpaired) electrons.